The summed E-state index contributed by atoms with van der Waals surface area (Å²) >= 11 is 0. The van der Waals surface area contributed by atoms with Crippen molar-refractivity contribution in [1.29, 1.82) is 0 Å². The maximum atomic E-state index is 14.1. The molecule has 0 amide bonds. The molecule has 2 aromatic carbocycles. The van der Waals surface area contributed by atoms with Gasteiger partial charge in [-0.1, -0.05) is 38.1 Å². The Hall–Kier alpha value is -1.85. The number of hydrogen-bond acceptors (Lipinski definition) is 2. The van der Waals surface area contributed by atoms with Gasteiger partial charge in [0.2, 0.25) is 0 Å². The molecule has 0 saturated heterocycles. The largest absolute Gasteiger partial charge is 0.313 e. The molecule has 0 fully saturated rings. The quantitative estimate of drug-likeness (QED) is 0.503. The summed E-state index contributed by atoms with van der Waals surface area (Å²) < 4.78 is 41.5. The molecule has 2 nitrogen and oxygen atoms in total. The second-order valence-electron chi connectivity index (χ2n) is 6.41. The minimum atomic E-state index is -1.13. The first-order chi connectivity index (χ1) is 12.5. The number of benzene rings is 2. The van der Waals surface area contributed by atoms with Crippen LogP contribution >= 0.6 is 0 Å². The van der Waals surface area contributed by atoms with Gasteiger partial charge in [0.1, 0.15) is 5.82 Å². The van der Waals surface area contributed by atoms with Gasteiger partial charge in [0.05, 0.1) is 0 Å². The minimum Gasteiger partial charge on any atom is -0.313 e. The molecule has 5 heteroatoms. The van der Waals surface area contributed by atoms with Gasteiger partial charge in [0.15, 0.2) is 11.6 Å². The maximum absolute atomic E-state index is 14.1. The topological polar surface area (TPSA) is 15.3 Å². The number of rotatable bonds is 9. The Morgan fingerprint density at radius 3 is 2.23 bits per heavy atom. The van der Waals surface area contributed by atoms with Gasteiger partial charge in [-0.25, -0.2) is 13.2 Å². The summed E-state index contributed by atoms with van der Waals surface area (Å²) in [6, 6.07) is 8.14. The van der Waals surface area contributed by atoms with Crippen molar-refractivity contribution in [1.82, 2.24) is 10.2 Å². The third-order valence-corrected chi connectivity index (χ3v) is 4.70. The van der Waals surface area contributed by atoms with Crippen LogP contribution in [0.15, 0.2) is 30.3 Å². The highest BCUT2D eigenvalue weighted by molar-refractivity contribution is 5.65. The van der Waals surface area contributed by atoms with Crippen LogP contribution in [-0.2, 0) is 6.54 Å². The standard InChI is InChI=1S/C21H27F3N2/c1-4-26(5-2)12-6-11-25-14-16-7-9-17(10-8-16)18-13-19(22)15(3)20(23)21(18)24/h7-10,13,25H,4-6,11-12,14H2,1-3H3. The normalized spacial score (nSPS) is 11.3. The zero-order valence-corrected chi connectivity index (χ0v) is 15.7. The zero-order chi connectivity index (χ0) is 19.1. The molecule has 0 spiro atoms. The molecule has 2 aromatic rings. The van der Waals surface area contributed by atoms with Gasteiger partial charge in [-0.15, -0.1) is 0 Å². The average molecular weight is 364 g/mol. The summed E-state index contributed by atoms with van der Waals surface area (Å²) in [5, 5.41) is 3.38. The zero-order valence-electron chi connectivity index (χ0n) is 15.7. The van der Waals surface area contributed by atoms with E-state index < -0.39 is 17.5 Å². The van der Waals surface area contributed by atoms with E-state index in [1.54, 1.807) is 12.1 Å². The van der Waals surface area contributed by atoms with Crippen LogP contribution in [0.3, 0.4) is 0 Å². The van der Waals surface area contributed by atoms with Crippen LogP contribution in [0.5, 0.6) is 0 Å². The van der Waals surface area contributed by atoms with Crippen LogP contribution in [0.25, 0.3) is 11.1 Å². The van der Waals surface area contributed by atoms with E-state index in [9.17, 15) is 13.2 Å². The van der Waals surface area contributed by atoms with E-state index in [-0.39, 0.29) is 11.1 Å². The molecule has 0 heterocycles. The smallest absolute Gasteiger partial charge is 0.167 e. The monoisotopic (exact) mass is 364 g/mol. The summed E-state index contributed by atoms with van der Waals surface area (Å²) in [5.74, 6) is -2.87. The second-order valence-corrected chi connectivity index (χ2v) is 6.41. The van der Waals surface area contributed by atoms with E-state index in [4.69, 9.17) is 0 Å². The predicted octanol–water partition coefficient (Wildman–Crippen LogP) is 4.90. The summed E-state index contributed by atoms with van der Waals surface area (Å²) in [5.41, 5.74) is 1.16. The first-order valence-electron chi connectivity index (χ1n) is 9.14. The maximum Gasteiger partial charge on any atom is 0.167 e. The SMILES string of the molecule is CCN(CC)CCCNCc1ccc(-c2cc(F)c(C)c(F)c2F)cc1. The lowest BCUT2D eigenvalue weighted by Crippen LogP contribution is -2.27. The van der Waals surface area contributed by atoms with Crippen LogP contribution in [0, 0.1) is 24.4 Å². The Morgan fingerprint density at radius 1 is 0.962 bits per heavy atom. The molecule has 0 aliphatic heterocycles. The highest BCUT2D eigenvalue weighted by Crippen LogP contribution is 2.28. The molecule has 0 radical (unpaired) electrons. The molecular formula is C21H27F3N2. The van der Waals surface area contributed by atoms with Gasteiger partial charge in [0, 0.05) is 17.7 Å². The van der Waals surface area contributed by atoms with E-state index >= 15 is 0 Å². The lowest BCUT2D eigenvalue weighted by molar-refractivity contribution is 0.298. The Balaban J connectivity index is 1.93. The third kappa shape index (κ3) is 5.08. The van der Waals surface area contributed by atoms with E-state index in [1.165, 1.54) is 6.92 Å². The Kier molecular flexibility index (Phi) is 7.66. The van der Waals surface area contributed by atoms with Crippen LogP contribution in [0.2, 0.25) is 0 Å². The van der Waals surface area contributed by atoms with Crippen molar-refractivity contribution in [3.05, 3.63) is 58.9 Å². The fraction of sp³-hybridized carbons (Fsp3) is 0.429. The van der Waals surface area contributed by atoms with Crippen molar-refractivity contribution < 1.29 is 13.2 Å². The average Bonchev–Trinajstić information content (AvgIpc) is 2.66. The van der Waals surface area contributed by atoms with Gasteiger partial charge in [0.25, 0.3) is 0 Å². The van der Waals surface area contributed by atoms with Crippen molar-refractivity contribution in [2.75, 3.05) is 26.2 Å². The summed E-state index contributed by atoms with van der Waals surface area (Å²) in [4.78, 5) is 2.38. The Morgan fingerprint density at radius 2 is 1.62 bits per heavy atom. The Bertz CT molecular complexity index is 710. The molecule has 0 atom stereocenters. The number of nitrogens with zero attached hydrogens (tertiary/aromatic N) is 1. The molecular weight excluding hydrogens is 337 g/mol. The fourth-order valence-electron chi connectivity index (χ4n) is 2.90. The predicted molar refractivity (Wildman–Crippen MR) is 101 cm³/mol. The number of halogens is 3. The van der Waals surface area contributed by atoms with Crippen molar-refractivity contribution in [2.24, 2.45) is 0 Å². The van der Waals surface area contributed by atoms with Gasteiger partial charge in [-0.2, -0.15) is 0 Å². The van der Waals surface area contributed by atoms with Crippen LogP contribution in [0.4, 0.5) is 13.2 Å². The Labute approximate surface area is 154 Å². The fourth-order valence-corrected chi connectivity index (χ4v) is 2.90. The molecule has 1 N–H and O–H groups in total. The van der Waals surface area contributed by atoms with Gasteiger partial charge in [-0.05, 0) is 56.7 Å². The third-order valence-electron chi connectivity index (χ3n) is 4.70. The van der Waals surface area contributed by atoms with E-state index in [1.807, 2.05) is 12.1 Å². The molecule has 0 aliphatic carbocycles. The molecule has 2 rings (SSSR count). The number of hydrogen-bond donors (Lipinski definition) is 1. The first kappa shape index (κ1) is 20.5. The van der Waals surface area contributed by atoms with E-state index in [2.05, 4.69) is 24.1 Å². The molecule has 142 valence electrons. The van der Waals surface area contributed by atoms with Crippen molar-refractivity contribution >= 4 is 0 Å². The van der Waals surface area contributed by atoms with E-state index in [0.717, 1.165) is 44.2 Å². The molecule has 0 aromatic heterocycles. The molecule has 26 heavy (non-hydrogen) atoms. The highest BCUT2D eigenvalue weighted by atomic mass is 19.2. The summed E-state index contributed by atoms with van der Waals surface area (Å²) in [6.45, 7) is 10.4. The summed E-state index contributed by atoms with van der Waals surface area (Å²) in [7, 11) is 0. The van der Waals surface area contributed by atoms with Crippen molar-refractivity contribution in [3.63, 3.8) is 0 Å². The van der Waals surface area contributed by atoms with Crippen LogP contribution in [0.1, 0.15) is 31.4 Å². The van der Waals surface area contributed by atoms with Crippen LogP contribution < -0.4 is 5.32 Å². The molecule has 0 aliphatic rings. The van der Waals surface area contributed by atoms with Gasteiger partial charge in [-0.3, -0.25) is 0 Å². The van der Waals surface area contributed by atoms with Crippen molar-refractivity contribution in [2.45, 2.75) is 33.7 Å². The minimum absolute atomic E-state index is 0.0515. The summed E-state index contributed by atoms with van der Waals surface area (Å²) in [6.07, 6.45) is 1.08. The van der Waals surface area contributed by atoms with E-state index in [0.29, 0.717) is 12.1 Å². The lowest BCUT2D eigenvalue weighted by Gasteiger charge is -2.17. The van der Waals surface area contributed by atoms with Gasteiger partial charge < -0.3 is 10.2 Å². The van der Waals surface area contributed by atoms with Gasteiger partial charge >= 0.3 is 0 Å². The first-order valence-corrected chi connectivity index (χ1v) is 9.14. The van der Waals surface area contributed by atoms with Crippen molar-refractivity contribution in [3.8, 4) is 11.1 Å². The molecule has 0 bridgehead atoms. The number of nitrogens with one attached hydrogen (secondary N) is 1. The highest BCUT2D eigenvalue weighted by Gasteiger charge is 2.16. The van der Waals surface area contributed by atoms with Crippen LogP contribution in [-0.4, -0.2) is 31.1 Å². The second kappa shape index (κ2) is 9.74. The molecule has 0 unspecified atom stereocenters. The molecule has 0 saturated carbocycles. The lowest BCUT2D eigenvalue weighted by atomic mass is 10.0.